The Labute approximate surface area is 146 Å². The third-order valence-electron chi connectivity index (χ3n) is 4.41. The highest BCUT2D eigenvalue weighted by Crippen LogP contribution is 2.28. The third kappa shape index (κ3) is 4.71. The lowest BCUT2D eigenvalue weighted by molar-refractivity contribution is 0.240. The fourth-order valence-corrected chi connectivity index (χ4v) is 3.10. The van der Waals surface area contributed by atoms with E-state index in [1.54, 1.807) is 6.07 Å². The van der Waals surface area contributed by atoms with Gasteiger partial charge in [0.05, 0.1) is 25.4 Å². The summed E-state index contributed by atoms with van der Waals surface area (Å²) in [6.07, 6.45) is 6.83. The number of amides is 2. The highest BCUT2D eigenvalue weighted by Gasteiger charge is 2.17. The molecule has 1 aliphatic carbocycles. The van der Waals surface area contributed by atoms with Crippen LogP contribution in [0.2, 0.25) is 0 Å². The van der Waals surface area contributed by atoms with E-state index in [0.717, 1.165) is 5.69 Å². The van der Waals surface area contributed by atoms with Crippen molar-refractivity contribution in [2.24, 2.45) is 0 Å². The second-order valence-electron chi connectivity index (χ2n) is 6.26. The molecule has 6 nitrogen and oxygen atoms in total. The van der Waals surface area contributed by atoms with Crippen molar-refractivity contribution >= 4 is 6.03 Å². The molecular weight excluding hydrogens is 323 g/mol. The molecule has 0 radical (unpaired) electrons. The van der Waals surface area contributed by atoms with E-state index in [4.69, 9.17) is 4.74 Å². The second-order valence-corrected chi connectivity index (χ2v) is 6.26. The molecule has 1 fully saturated rings. The number of rotatable bonds is 6. The summed E-state index contributed by atoms with van der Waals surface area (Å²) in [6, 6.07) is 6.45. The van der Waals surface area contributed by atoms with Crippen molar-refractivity contribution in [2.45, 2.75) is 44.8 Å². The molecule has 1 aromatic heterocycles. The van der Waals surface area contributed by atoms with Gasteiger partial charge < -0.3 is 15.4 Å². The van der Waals surface area contributed by atoms with Crippen LogP contribution in [0.4, 0.5) is 9.18 Å². The molecule has 1 saturated carbocycles. The van der Waals surface area contributed by atoms with Crippen LogP contribution < -0.4 is 15.4 Å². The van der Waals surface area contributed by atoms with E-state index in [9.17, 15) is 9.18 Å². The molecule has 0 unspecified atom stereocenters. The largest absolute Gasteiger partial charge is 0.497 e. The zero-order valence-electron chi connectivity index (χ0n) is 14.3. The number of carbonyl (C=O) groups excluding carboxylic acids is 1. The van der Waals surface area contributed by atoms with Crippen LogP contribution in [0.25, 0.3) is 0 Å². The second kappa shape index (κ2) is 8.00. The van der Waals surface area contributed by atoms with Crippen molar-refractivity contribution in [3.8, 4) is 5.75 Å². The van der Waals surface area contributed by atoms with Crippen molar-refractivity contribution in [3.05, 3.63) is 47.5 Å². The molecule has 2 N–H and O–H groups in total. The average Bonchev–Trinajstić information content (AvgIpc) is 3.28. The average molecular weight is 346 g/mol. The summed E-state index contributed by atoms with van der Waals surface area (Å²) in [5.41, 5.74) is 1.46. The van der Waals surface area contributed by atoms with Gasteiger partial charge in [0.25, 0.3) is 0 Å². The number of nitrogens with zero attached hydrogens (tertiary/aromatic N) is 2. The highest BCUT2D eigenvalue weighted by atomic mass is 19.1. The summed E-state index contributed by atoms with van der Waals surface area (Å²) in [6.45, 7) is 0.578. The quantitative estimate of drug-likeness (QED) is 0.844. The van der Waals surface area contributed by atoms with Gasteiger partial charge in [-0.05, 0) is 36.6 Å². The normalized spacial score (nSPS) is 14.5. The Kier molecular flexibility index (Phi) is 5.53. The molecule has 7 heteroatoms. The molecule has 1 heterocycles. The summed E-state index contributed by atoms with van der Waals surface area (Å²) < 4.78 is 20.4. The van der Waals surface area contributed by atoms with Gasteiger partial charge in [-0.1, -0.05) is 12.8 Å². The Morgan fingerprint density at radius 3 is 2.80 bits per heavy atom. The van der Waals surface area contributed by atoms with Gasteiger partial charge in [0.1, 0.15) is 11.6 Å². The maximum Gasteiger partial charge on any atom is 0.315 e. The molecule has 25 heavy (non-hydrogen) atoms. The van der Waals surface area contributed by atoms with Gasteiger partial charge in [-0.15, -0.1) is 0 Å². The molecule has 0 atom stereocenters. The van der Waals surface area contributed by atoms with Crippen LogP contribution in [0.3, 0.4) is 0 Å². The molecule has 1 aliphatic rings. The van der Waals surface area contributed by atoms with Crippen molar-refractivity contribution < 1.29 is 13.9 Å². The summed E-state index contributed by atoms with van der Waals surface area (Å²) in [7, 11) is 1.48. The van der Waals surface area contributed by atoms with Gasteiger partial charge in [0.2, 0.25) is 0 Å². The summed E-state index contributed by atoms with van der Waals surface area (Å²) in [5.74, 6) is 0.0312. The third-order valence-corrected chi connectivity index (χ3v) is 4.41. The van der Waals surface area contributed by atoms with Crippen LogP contribution in [-0.4, -0.2) is 22.9 Å². The van der Waals surface area contributed by atoms with E-state index in [1.165, 1.54) is 44.9 Å². The Bertz CT molecular complexity index is 726. The minimum atomic E-state index is -0.394. The van der Waals surface area contributed by atoms with Crippen LogP contribution in [0, 0.1) is 5.82 Å². The van der Waals surface area contributed by atoms with E-state index in [2.05, 4.69) is 15.7 Å². The van der Waals surface area contributed by atoms with Crippen LogP contribution in [-0.2, 0) is 13.1 Å². The van der Waals surface area contributed by atoms with Crippen LogP contribution in [0.5, 0.6) is 5.75 Å². The number of ether oxygens (including phenoxy) is 1. The monoisotopic (exact) mass is 346 g/mol. The maximum absolute atomic E-state index is 13.4. The number of carbonyl (C=O) groups is 1. The molecule has 3 rings (SSSR count). The Morgan fingerprint density at radius 2 is 2.04 bits per heavy atom. The minimum Gasteiger partial charge on any atom is -0.497 e. The molecule has 0 aliphatic heterocycles. The number of aromatic nitrogens is 2. The molecule has 0 spiro atoms. The zero-order chi connectivity index (χ0) is 17.6. The maximum atomic E-state index is 13.4. The summed E-state index contributed by atoms with van der Waals surface area (Å²) in [4.78, 5) is 11.9. The lowest BCUT2D eigenvalue weighted by Crippen LogP contribution is -2.34. The van der Waals surface area contributed by atoms with Crippen LogP contribution >= 0.6 is 0 Å². The van der Waals surface area contributed by atoms with Crippen molar-refractivity contribution in [2.75, 3.05) is 7.11 Å². The number of hydrogen-bond acceptors (Lipinski definition) is 3. The van der Waals surface area contributed by atoms with Gasteiger partial charge in [-0.3, -0.25) is 4.68 Å². The van der Waals surface area contributed by atoms with E-state index in [1.807, 2.05) is 16.9 Å². The van der Waals surface area contributed by atoms with E-state index in [-0.39, 0.29) is 12.6 Å². The molecule has 0 saturated heterocycles. The number of urea groups is 1. The predicted octanol–water partition coefficient (Wildman–Crippen LogP) is 3.15. The fourth-order valence-electron chi connectivity index (χ4n) is 3.10. The van der Waals surface area contributed by atoms with Crippen LogP contribution in [0.1, 0.15) is 43.0 Å². The number of benzene rings is 1. The van der Waals surface area contributed by atoms with E-state index >= 15 is 0 Å². The van der Waals surface area contributed by atoms with Crippen molar-refractivity contribution in [1.29, 1.82) is 0 Å². The standard InChI is InChI=1S/C18H23FN4O2/c1-25-17-9-13(8-14(19)10-17)11-20-18(24)21-12-15-6-7-23(22-15)16-4-2-3-5-16/h6-10,16H,2-5,11-12H2,1H3,(H2,20,21,24). The molecule has 2 amide bonds. The van der Waals surface area contributed by atoms with Gasteiger partial charge in [0.15, 0.2) is 0 Å². The van der Waals surface area contributed by atoms with E-state index < -0.39 is 5.82 Å². The number of hydrogen-bond donors (Lipinski definition) is 2. The Hall–Kier alpha value is -2.57. The first-order valence-corrected chi connectivity index (χ1v) is 8.53. The smallest absolute Gasteiger partial charge is 0.315 e. The highest BCUT2D eigenvalue weighted by molar-refractivity contribution is 5.73. The number of halogens is 1. The van der Waals surface area contributed by atoms with Gasteiger partial charge in [0, 0.05) is 18.8 Å². The minimum absolute atomic E-state index is 0.219. The topological polar surface area (TPSA) is 68.2 Å². The number of nitrogens with one attached hydrogen (secondary N) is 2. The molecule has 1 aromatic carbocycles. The molecule has 134 valence electrons. The summed E-state index contributed by atoms with van der Waals surface area (Å²) >= 11 is 0. The van der Waals surface area contributed by atoms with Crippen molar-refractivity contribution in [3.63, 3.8) is 0 Å². The first kappa shape index (κ1) is 17.3. The Morgan fingerprint density at radius 1 is 1.28 bits per heavy atom. The number of methoxy groups -OCH3 is 1. The molecule has 2 aromatic rings. The first-order chi connectivity index (χ1) is 12.1. The van der Waals surface area contributed by atoms with Gasteiger partial charge in [-0.2, -0.15) is 5.10 Å². The molecule has 0 bridgehead atoms. The molecular formula is C18H23FN4O2. The SMILES string of the molecule is COc1cc(F)cc(CNC(=O)NCc2ccn(C3CCCC3)n2)c1. The van der Waals surface area contributed by atoms with Gasteiger partial charge >= 0.3 is 6.03 Å². The lowest BCUT2D eigenvalue weighted by Gasteiger charge is -2.10. The summed E-state index contributed by atoms with van der Waals surface area (Å²) in [5, 5.41) is 9.99. The van der Waals surface area contributed by atoms with Crippen LogP contribution in [0.15, 0.2) is 30.5 Å². The zero-order valence-corrected chi connectivity index (χ0v) is 14.3. The first-order valence-electron chi connectivity index (χ1n) is 8.53. The van der Waals surface area contributed by atoms with Gasteiger partial charge in [-0.25, -0.2) is 9.18 Å². The predicted molar refractivity (Wildman–Crippen MR) is 91.8 cm³/mol. The van der Waals surface area contributed by atoms with E-state index in [0.29, 0.717) is 23.9 Å². The van der Waals surface area contributed by atoms with Crippen molar-refractivity contribution in [1.82, 2.24) is 20.4 Å². The fraction of sp³-hybridized carbons (Fsp3) is 0.444. The Balaban J connectivity index is 1.46. The lowest BCUT2D eigenvalue weighted by atomic mass is 10.2.